The van der Waals surface area contributed by atoms with E-state index in [9.17, 15) is 19.7 Å². The van der Waals surface area contributed by atoms with Crippen LogP contribution in [-0.4, -0.2) is 23.8 Å². The maximum Gasteiger partial charge on any atom is 0.344 e. The number of Topliss-reactive ketones (excluding diaryl/α,β-unsaturated/α-hetero) is 1. The van der Waals surface area contributed by atoms with Crippen molar-refractivity contribution < 1.29 is 19.2 Å². The normalized spacial score (nSPS) is 9.62. The van der Waals surface area contributed by atoms with Gasteiger partial charge in [0.2, 0.25) is 0 Å². The molecule has 1 rings (SSSR count). The van der Waals surface area contributed by atoms with E-state index in [-0.39, 0.29) is 16.9 Å². The zero-order valence-electron chi connectivity index (χ0n) is 8.72. The Morgan fingerprint density at radius 3 is 2.44 bits per heavy atom. The Balaban J connectivity index is 3.36. The molecule has 0 heterocycles. The summed E-state index contributed by atoms with van der Waals surface area (Å²) < 4.78 is 4.40. The van der Waals surface area contributed by atoms with Crippen molar-refractivity contribution in [2.24, 2.45) is 0 Å². The van der Waals surface area contributed by atoms with E-state index in [0.29, 0.717) is 0 Å². The van der Waals surface area contributed by atoms with Crippen molar-refractivity contribution in [1.29, 1.82) is 0 Å². The number of hydrogen-bond donors (Lipinski definition) is 0. The molecule has 0 unspecified atom stereocenters. The van der Waals surface area contributed by atoms with Gasteiger partial charge in [-0.1, -0.05) is 6.07 Å². The molecule has 0 amide bonds. The van der Waals surface area contributed by atoms with Gasteiger partial charge < -0.3 is 4.74 Å². The second-order valence-corrected chi connectivity index (χ2v) is 3.04. The van der Waals surface area contributed by atoms with E-state index >= 15 is 0 Å². The van der Waals surface area contributed by atoms with Gasteiger partial charge in [0.1, 0.15) is 5.56 Å². The lowest BCUT2D eigenvalue weighted by Crippen LogP contribution is -2.07. The molecule has 0 saturated carbocycles. The molecule has 0 saturated heterocycles. The molecule has 84 valence electrons. The third-order valence-corrected chi connectivity index (χ3v) is 2.01. The monoisotopic (exact) mass is 223 g/mol. The quantitative estimate of drug-likeness (QED) is 0.336. The van der Waals surface area contributed by atoms with Gasteiger partial charge in [-0.05, 0) is 13.0 Å². The molecular weight excluding hydrogens is 214 g/mol. The molecule has 0 aliphatic carbocycles. The average molecular weight is 223 g/mol. The van der Waals surface area contributed by atoms with Gasteiger partial charge in [-0.3, -0.25) is 14.9 Å². The highest BCUT2D eigenvalue weighted by atomic mass is 16.6. The van der Waals surface area contributed by atoms with E-state index in [4.69, 9.17) is 0 Å². The van der Waals surface area contributed by atoms with Crippen molar-refractivity contribution in [3.63, 3.8) is 0 Å². The predicted octanol–water partition coefficient (Wildman–Crippen LogP) is 1.58. The van der Waals surface area contributed by atoms with Crippen LogP contribution in [0.4, 0.5) is 5.69 Å². The topological polar surface area (TPSA) is 86.5 Å². The van der Waals surface area contributed by atoms with E-state index < -0.39 is 16.6 Å². The molecule has 0 radical (unpaired) electrons. The van der Waals surface area contributed by atoms with E-state index in [1.165, 1.54) is 19.1 Å². The van der Waals surface area contributed by atoms with Crippen molar-refractivity contribution in [3.8, 4) is 0 Å². The molecule has 0 aliphatic heterocycles. The number of carbonyl (C=O) groups is 2. The fourth-order valence-corrected chi connectivity index (χ4v) is 1.18. The van der Waals surface area contributed by atoms with Crippen LogP contribution in [0.15, 0.2) is 18.2 Å². The number of ether oxygens (including phenoxy) is 1. The number of hydrogen-bond acceptors (Lipinski definition) is 5. The Labute approximate surface area is 91.0 Å². The van der Waals surface area contributed by atoms with Crippen molar-refractivity contribution >= 4 is 17.4 Å². The molecule has 16 heavy (non-hydrogen) atoms. The van der Waals surface area contributed by atoms with Crippen LogP contribution in [-0.2, 0) is 4.74 Å². The highest BCUT2D eigenvalue weighted by molar-refractivity contribution is 5.99. The lowest BCUT2D eigenvalue weighted by Gasteiger charge is -2.02. The molecular formula is C10H9NO5. The maximum absolute atomic E-state index is 11.2. The second-order valence-electron chi connectivity index (χ2n) is 3.04. The summed E-state index contributed by atoms with van der Waals surface area (Å²) in [6.45, 7) is 1.29. The predicted molar refractivity (Wildman–Crippen MR) is 54.4 cm³/mol. The largest absolute Gasteiger partial charge is 0.465 e. The second kappa shape index (κ2) is 4.52. The van der Waals surface area contributed by atoms with E-state index in [1.807, 2.05) is 0 Å². The minimum Gasteiger partial charge on any atom is -0.465 e. The first-order chi connectivity index (χ1) is 7.47. The first-order valence-corrected chi connectivity index (χ1v) is 4.35. The Morgan fingerprint density at radius 2 is 2.00 bits per heavy atom. The zero-order valence-corrected chi connectivity index (χ0v) is 8.72. The zero-order chi connectivity index (χ0) is 12.3. The first kappa shape index (κ1) is 11.8. The van der Waals surface area contributed by atoms with Crippen LogP contribution in [0.3, 0.4) is 0 Å². The number of nitrogens with zero attached hydrogens (tertiary/aromatic N) is 1. The minimum atomic E-state index is -0.804. The smallest absolute Gasteiger partial charge is 0.344 e. The van der Waals surface area contributed by atoms with Crippen LogP contribution in [0, 0.1) is 10.1 Å². The lowest BCUT2D eigenvalue weighted by molar-refractivity contribution is -0.385. The molecule has 1 aromatic carbocycles. The first-order valence-electron chi connectivity index (χ1n) is 4.35. The summed E-state index contributed by atoms with van der Waals surface area (Å²) in [5, 5.41) is 10.7. The SMILES string of the molecule is COC(=O)c1ccc(C(C)=O)cc1[N+](=O)[O-]. The molecule has 0 spiro atoms. The number of nitro benzene ring substituents is 1. The van der Waals surface area contributed by atoms with Crippen LogP contribution in [0.2, 0.25) is 0 Å². The van der Waals surface area contributed by atoms with E-state index in [0.717, 1.165) is 13.2 Å². The number of nitro groups is 1. The molecule has 1 aromatic rings. The third kappa shape index (κ3) is 2.22. The van der Waals surface area contributed by atoms with Gasteiger partial charge in [-0.2, -0.15) is 0 Å². The number of rotatable bonds is 3. The lowest BCUT2D eigenvalue weighted by atomic mass is 10.1. The van der Waals surface area contributed by atoms with Gasteiger partial charge in [-0.25, -0.2) is 4.79 Å². The number of ketones is 1. The summed E-state index contributed by atoms with van der Waals surface area (Å²) in [6.07, 6.45) is 0. The molecule has 0 bridgehead atoms. The number of benzene rings is 1. The van der Waals surface area contributed by atoms with E-state index in [2.05, 4.69) is 4.74 Å². The van der Waals surface area contributed by atoms with Gasteiger partial charge in [0, 0.05) is 11.6 Å². The third-order valence-electron chi connectivity index (χ3n) is 2.01. The fourth-order valence-electron chi connectivity index (χ4n) is 1.18. The van der Waals surface area contributed by atoms with Crippen molar-refractivity contribution in [3.05, 3.63) is 39.4 Å². The molecule has 0 atom stereocenters. The van der Waals surface area contributed by atoms with Crippen LogP contribution >= 0.6 is 0 Å². The molecule has 0 aromatic heterocycles. The van der Waals surface area contributed by atoms with Crippen molar-refractivity contribution in [1.82, 2.24) is 0 Å². The van der Waals surface area contributed by atoms with Gasteiger partial charge >= 0.3 is 5.97 Å². The van der Waals surface area contributed by atoms with Crippen LogP contribution in [0.1, 0.15) is 27.6 Å². The highest BCUT2D eigenvalue weighted by Gasteiger charge is 2.21. The van der Waals surface area contributed by atoms with Crippen LogP contribution in [0.5, 0.6) is 0 Å². The van der Waals surface area contributed by atoms with Gasteiger partial charge in [-0.15, -0.1) is 0 Å². The fraction of sp³-hybridized carbons (Fsp3) is 0.200. The van der Waals surface area contributed by atoms with Crippen LogP contribution in [0.25, 0.3) is 0 Å². The molecule has 6 heteroatoms. The number of methoxy groups -OCH3 is 1. The molecule has 6 nitrogen and oxygen atoms in total. The standard InChI is InChI=1S/C10H9NO5/c1-6(12)7-3-4-8(10(13)16-2)9(5-7)11(14)15/h3-5H,1-2H3. The van der Waals surface area contributed by atoms with Gasteiger partial charge in [0.15, 0.2) is 5.78 Å². The Hall–Kier alpha value is -2.24. The molecule has 0 N–H and O–H groups in total. The van der Waals surface area contributed by atoms with Gasteiger partial charge in [0.25, 0.3) is 5.69 Å². The average Bonchev–Trinajstić information content (AvgIpc) is 2.26. The van der Waals surface area contributed by atoms with E-state index in [1.54, 1.807) is 0 Å². The summed E-state index contributed by atoms with van der Waals surface area (Å²) in [7, 11) is 1.13. The summed E-state index contributed by atoms with van der Waals surface area (Å²) in [4.78, 5) is 32.2. The minimum absolute atomic E-state index is 0.169. The summed E-state index contributed by atoms with van der Waals surface area (Å²) in [5.41, 5.74) is -0.420. The summed E-state index contributed by atoms with van der Waals surface area (Å²) in [5.74, 6) is -1.11. The molecule has 0 fully saturated rings. The highest BCUT2D eigenvalue weighted by Crippen LogP contribution is 2.21. The van der Waals surface area contributed by atoms with Gasteiger partial charge in [0.05, 0.1) is 12.0 Å². The Morgan fingerprint density at radius 1 is 1.38 bits per heavy atom. The maximum atomic E-state index is 11.2. The van der Waals surface area contributed by atoms with Crippen molar-refractivity contribution in [2.45, 2.75) is 6.92 Å². The summed E-state index contributed by atoms with van der Waals surface area (Å²) in [6, 6.07) is 3.62. The van der Waals surface area contributed by atoms with Crippen molar-refractivity contribution in [2.75, 3.05) is 7.11 Å². The Bertz CT molecular complexity index is 466. The summed E-state index contributed by atoms with van der Waals surface area (Å²) >= 11 is 0. The van der Waals surface area contributed by atoms with Crippen LogP contribution < -0.4 is 0 Å². The molecule has 0 aliphatic rings. The number of esters is 1. The number of carbonyl (C=O) groups excluding carboxylic acids is 2. The Kier molecular flexibility index (Phi) is 3.34.